The van der Waals surface area contributed by atoms with Gasteiger partial charge in [-0.05, 0) is 53.7 Å². The summed E-state index contributed by atoms with van der Waals surface area (Å²) >= 11 is 3.39. The van der Waals surface area contributed by atoms with E-state index >= 15 is 0 Å². The first-order chi connectivity index (χ1) is 19.3. The Balaban J connectivity index is 1.27. The Morgan fingerprint density at radius 2 is 1.77 bits per heavy atom. The van der Waals surface area contributed by atoms with Gasteiger partial charge >= 0.3 is 0 Å². The second-order valence-electron chi connectivity index (χ2n) is 11.6. The van der Waals surface area contributed by atoms with Gasteiger partial charge in [0.25, 0.3) is 0 Å². The Labute approximate surface area is 245 Å². The van der Waals surface area contributed by atoms with E-state index in [1.54, 1.807) is 18.6 Å². The van der Waals surface area contributed by atoms with E-state index in [-0.39, 0.29) is 12.9 Å². The van der Waals surface area contributed by atoms with Crippen molar-refractivity contribution >= 4 is 46.7 Å². The minimum Gasteiger partial charge on any atom is -0.474 e. The highest BCUT2D eigenvalue weighted by molar-refractivity contribution is 9.10. The summed E-state index contributed by atoms with van der Waals surface area (Å²) in [5.74, 6) is 2.77. The first kappa shape index (κ1) is 29.0. The molecule has 3 aromatic heterocycles. The predicted molar refractivity (Wildman–Crippen MR) is 162 cm³/mol. The third-order valence-corrected chi connectivity index (χ3v) is 9.27. The van der Waals surface area contributed by atoms with Crippen molar-refractivity contribution in [2.24, 2.45) is 0 Å². The molecule has 5 rings (SSSR count). The van der Waals surface area contributed by atoms with Gasteiger partial charge < -0.3 is 29.2 Å². The van der Waals surface area contributed by atoms with Gasteiger partial charge in [0, 0.05) is 52.3 Å². The lowest BCUT2D eigenvalue weighted by molar-refractivity contribution is 0.0219. The van der Waals surface area contributed by atoms with E-state index in [1.165, 1.54) is 0 Å². The fraction of sp³-hybridized carbons (Fsp3) is 0.571. The SMILES string of the molecule is C[Si](C)(C)CCOCOc1cnc2cc(N3CCOCC3)nc(OC3CCC(Nc4ncc(Br)cn4)CC3)c2c1. The monoisotopic (exact) mass is 630 g/mol. The lowest BCUT2D eigenvalue weighted by Crippen LogP contribution is -2.37. The quantitative estimate of drug-likeness (QED) is 0.166. The van der Waals surface area contributed by atoms with Gasteiger partial charge in [0.1, 0.15) is 17.7 Å². The fourth-order valence-electron chi connectivity index (χ4n) is 4.78. The summed E-state index contributed by atoms with van der Waals surface area (Å²) in [5.41, 5.74) is 0.834. The Bertz CT molecular complexity index is 1250. The summed E-state index contributed by atoms with van der Waals surface area (Å²) in [5, 5.41) is 4.30. The van der Waals surface area contributed by atoms with Crippen molar-refractivity contribution in [1.29, 1.82) is 0 Å². The number of morpholine rings is 1. The molecule has 0 spiro atoms. The minimum absolute atomic E-state index is 0.0639. The van der Waals surface area contributed by atoms with Gasteiger partial charge in [0.05, 0.1) is 34.8 Å². The molecular weight excluding hydrogens is 592 g/mol. The van der Waals surface area contributed by atoms with E-state index in [0.717, 1.165) is 66.0 Å². The molecule has 0 radical (unpaired) electrons. The van der Waals surface area contributed by atoms with E-state index in [4.69, 9.17) is 28.9 Å². The molecule has 0 amide bonds. The summed E-state index contributed by atoms with van der Waals surface area (Å²) in [6.45, 7) is 10.9. The van der Waals surface area contributed by atoms with E-state index in [0.29, 0.717) is 43.4 Å². The number of anilines is 2. The van der Waals surface area contributed by atoms with Gasteiger partial charge in [-0.3, -0.25) is 4.98 Å². The van der Waals surface area contributed by atoms with Crippen molar-refractivity contribution in [2.75, 3.05) is 49.9 Å². The Morgan fingerprint density at radius 3 is 2.50 bits per heavy atom. The van der Waals surface area contributed by atoms with Crippen LogP contribution in [0.1, 0.15) is 25.7 Å². The van der Waals surface area contributed by atoms with Crippen molar-refractivity contribution in [3.05, 3.63) is 35.2 Å². The summed E-state index contributed by atoms with van der Waals surface area (Å²) in [6.07, 6.45) is 9.08. The second-order valence-corrected chi connectivity index (χ2v) is 18.1. The molecule has 1 aliphatic carbocycles. The molecule has 2 fully saturated rings. The average molecular weight is 632 g/mol. The van der Waals surface area contributed by atoms with E-state index in [1.807, 2.05) is 12.1 Å². The largest absolute Gasteiger partial charge is 0.474 e. The number of aromatic nitrogens is 4. The molecule has 0 unspecified atom stereocenters. The van der Waals surface area contributed by atoms with Gasteiger partial charge in [-0.25, -0.2) is 9.97 Å². The van der Waals surface area contributed by atoms with Gasteiger partial charge in [0.2, 0.25) is 11.8 Å². The highest BCUT2D eigenvalue weighted by atomic mass is 79.9. The zero-order valence-corrected chi connectivity index (χ0v) is 26.2. The molecule has 1 saturated carbocycles. The molecule has 1 aliphatic heterocycles. The van der Waals surface area contributed by atoms with Crippen LogP contribution in [0.4, 0.5) is 11.8 Å². The molecule has 1 N–H and O–H groups in total. The molecule has 2 aliphatic rings. The van der Waals surface area contributed by atoms with Crippen molar-refractivity contribution in [2.45, 2.75) is 63.5 Å². The van der Waals surface area contributed by atoms with E-state index in [9.17, 15) is 0 Å². The summed E-state index contributed by atoms with van der Waals surface area (Å²) in [4.78, 5) is 20.6. The lowest BCUT2D eigenvalue weighted by Gasteiger charge is -2.31. The average Bonchev–Trinajstić information content (AvgIpc) is 2.95. The minimum atomic E-state index is -1.14. The van der Waals surface area contributed by atoms with Crippen LogP contribution in [0.3, 0.4) is 0 Å². The number of ether oxygens (including phenoxy) is 4. The van der Waals surface area contributed by atoms with Gasteiger partial charge in [-0.1, -0.05) is 19.6 Å². The molecule has 0 bridgehead atoms. The van der Waals surface area contributed by atoms with Gasteiger partial charge in [-0.2, -0.15) is 4.98 Å². The lowest BCUT2D eigenvalue weighted by atomic mass is 9.93. The number of fused-ring (bicyclic) bond motifs is 1. The van der Waals surface area contributed by atoms with Crippen molar-refractivity contribution in [3.63, 3.8) is 0 Å². The third kappa shape index (κ3) is 8.24. The van der Waals surface area contributed by atoms with Gasteiger partial charge in [-0.15, -0.1) is 0 Å². The van der Waals surface area contributed by atoms with Crippen molar-refractivity contribution in [1.82, 2.24) is 19.9 Å². The maximum atomic E-state index is 6.59. The number of pyridine rings is 2. The first-order valence-corrected chi connectivity index (χ1v) is 18.6. The van der Waals surface area contributed by atoms with Crippen LogP contribution >= 0.6 is 15.9 Å². The number of nitrogens with zero attached hydrogens (tertiary/aromatic N) is 5. The molecule has 216 valence electrons. The first-order valence-electron chi connectivity index (χ1n) is 14.1. The van der Waals surface area contributed by atoms with E-state index in [2.05, 4.69) is 55.8 Å². The maximum Gasteiger partial charge on any atom is 0.225 e. The molecule has 0 atom stereocenters. The molecule has 12 heteroatoms. The summed E-state index contributed by atoms with van der Waals surface area (Å²) < 4.78 is 24.6. The molecule has 1 saturated heterocycles. The number of nitrogens with one attached hydrogen (secondary N) is 1. The summed E-state index contributed by atoms with van der Waals surface area (Å²) in [7, 11) is -1.14. The topological polar surface area (TPSA) is 104 Å². The Morgan fingerprint density at radius 1 is 1.02 bits per heavy atom. The van der Waals surface area contributed by atoms with E-state index < -0.39 is 8.07 Å². The van der Waals surface area contributed by atoms with Crippen LogP contribution in [0.2, 0.25) is 25.7 Å². The Hall–Kier alpha value is -2.54. The third-order valence-electron chi connectivity index (χ3n) is 7.15. The fourth-order valence-corrected chi connectivity index (χ4v) is 5.75. The molecular formula is C28H39BrN6O4Si. The van der Waals surface area contributed by atoms with Crippen LogP contribution in [0.5, 0.6) is 11.6 Å². The van der Waals surface area contributed by atoms with Gasteiger partial charge in [0.15, 0.2) is 6.79 Å². The number of hydrogen-bond donors (Lipinski definition) is 1. The second kappa shape index (κ2) is 13.4. The number of hydrogen-bond acceptors (Lipinski definition) is 10. The highest BCUT2D eigenvalue weighted by Crippen LogP contribution is 2.33. The summed E-state index contributed by atoms with van der Waals surface area (Å²) in [6, 6.07) is 5.41. The van der Waals surface area contributed by atoms with Crippen molar-refractivity contribution < 1.29 is 18.9 Å². The normalized spacial score (nSPS) is 19.9. The zero-order valence-electron chi connectivity index (χ0n) is 23.6. The maximum absolute atomic E-state index is 6.59. The standard InChI is InChI=1S/C28H39BrN6O4Si/c1-40(2,3)13-12-37-19-38-23-14-24-25(30-18-23)15-26(35-8-10-36-11-9-35)34-27(24)39-22-6-4-21(5-7-22)33-28-31-16-20(29)17-32-28/h14-18,21-22H,4-13,19H2,1-3H3,(H,31,32,33). The molecule has 40 heavy (non-hydrogen) atoms. The van der Waals surface area contributed by atoms with Crippen molar-refractivity contribution in [3.8, 4) is 11.6 Å². The number of rotatable bonds is 11. The van der Waals surface area contributed by atoms with Crippen LogP contribution < -0.4 is 19.7 Å². The van der Waals surface area contributed by atoms with Crippen LogP contribution in [-0.4, -0.2) is 79.9 Å². The van der Waals surface area contributed by atoms with Crippen LogP contribution in [0.25, 0.3) is 10.9 Å². The number of halogens is 1. The zero-order chi connectivity index (χ0) is 28.0. The molecule has 4 heterocycles. The molecule has 10 nitrogen and oxygen atoms in total. The van der Waals surface area contributed by atoms with Crippen LogP contribution in [0, 0.1) is 0 Å². The van der Waals surface area contributed by atoms with Crippen LogP contribution in [-0.2, 0) is 9.47 Å². The smallest absolute Gasteiger partial charge is 0.225 e. The molecule has 3 aromatic rings. The molecule has 0 aromatic carbocycles. The highest BCUT2D eigenvalue weighted by Gasteiger charge is 2.25. The Kier molecular flexibility index (Phi) is 9.71. The predicted octanol–water partition coefficient (Wildman–Crippen LogP) is 5.51. The van der Waals surface area contributed by atoms with Crippen LogP contribution in [0.15, 0.2) is 35.2 Å².